The third-order valence-electron chi connectivity index (χ3n) is 2.49. The van der Waals surface area contributed by atoms with Crippen molar-refractivity contribution < 1.29 is 4.74 Å². The highest BCUT2D eigenvalue weighted by atomic mass is 32.1. The van der Waals surface area contributed by atoms with Gasteiger partial charge in [-0.25, -0.2) is 4.98 Å². The second-order valence-corrected chi connectivity index (χ2v) is 4.91. The van der Waals surface area contributed by atoms with Crippen LogP contribution in [0.4, 0.5) is 0 Å². The molecular weight excluding hydrogens is 256 g/mol. The van der Waals surface area contributed by atoms with E-state index in [0.717, 1.165) is 28.6 Å². The first-order valence-electron chi connectivity index (χ1n) is 6.09. The summed E-state index contributed by atoms with van der Waals surface area (Å²) >= 11 is 1.65. The van der Waals surface area contributed by atoms with Gasteiger partial charge in [0.15, 0.2) is 0 Å². The van der Waals surface area contributed by atoms with Gasteiger partial charge in [0.25, 0.3) is 0 Å². The normalized spacial score (nSPS) is 10.1. The number of aromatic nitrogens is 1. The molecule has 1 aromatic heterocycles. The van der Waals surface area contributed by atoms with Crippen molar-refractivity contribution >= 4 is 11.3 Å². The Morgan fingerprint density at radius 3 is 2.79 bits per heavy atom. The van der Waals surface area contributed by atoms with E-state index in [2.05, 4.69) is 21.6 Å². The highest BCUT2D eigenvalue weighted by molar-refractivity contribution is 7.13. The van der Waals surface area contributed by atoms with Crippen LogP contribution in [0.5, 0.6) is 5.75 Å². The predicted molar refractivity (Wildman–Crippen MR) is 79.5 cm³/mol. The average molecular weight is 272 g/mol. The zero-order valence-corrected chi connectivity index (χ0v) is 11.7. The Kier molecular flexibility index (Phi) is 4.96. The smallest absolute Gasteiger partial charge is 0.123 e. The van der Waals surface area contributed by atoms with E-state index in [1.165, 1.54) is 0 Å². The van der Waals surface area contributed by atoms with E-state index >= 15 is 0 Å². The highest BCUT2D eigenvalue weighted by Gasteiger charge is 2.02. The Bertz CT molecular complexity index is 554. The number of thiazole rings is 1. The van der Waals surface area contributed by atoms with Crippen LogP contribution < -0.4 is 10.1 Å². The van der Waals surface area contributed by atoms with Gasteiger partial charge in [-0.05, 0) is 31.2 Å². The molecule has 0 unspecified atom stereocenters. The third kappa shape index (κ3) is 4.09. The topological polar surface area (TPSA) is 34.1 Å². The van der Waals surface area contributed by atoms with Crippen LogP contribution in [0.1, 0.15) is 5.69 Å². The van der Waals surface area contributed by atoms with Gasteiger partial charge in [0.05, 0.1) is 6.54 Å². The van der Waals surface area contributed by atoms with E-state index in [1.807, 2.05) is 31.2 Å². The van der Waals surface area contributed by atoms with Crippen LogP contribution in [0.15, 0.2) is 29.6 Å². The van der Waals surface area contributed by atoms with Crippen LogP contribution in [0, 0.1) is 19.3 Å². The largest absolute Gasteiger partial charge is 0.492 e. The fraction of sp³-hybridized carbons (Fsp3) is 0.267. The van der Waals surface area contributed by atoms with Crippen molar-refractivity contribution in [1.29, 1.82) is 0 Å². The zero-order valence-electron chi connectivity index (χ0n) is 10.8. The zero-order chi connectivity index (χ0) is 13.5. The first kappa shape index (κ1) is 13.6. The number of nitrogens with zero attached hydrogens (tertiary/aromatic N) is 1. The molecule has 1 aromatic carbocycles. The molecule has 2 rings (SSSR count). The van der Waals surface area contributed by atoms with Crippen molar-refractivity contribution in [3.8, 4) is 28.7 Å². The van der Waals surface area contributed by atoms with Crippen LogP contribution in [0.25, 0.3) is 10.6 Å². The number of aryl methyl sites for hydroxylation is 1. The van der Waals surface area contributed by atoms with Gasteiger partial charge in [-0.3, -0.25) is 0 Å². The molecule has 0 saturated carbocycles. The minimum atomic E-state index is 0.575. The maximum atomic E-state index is 5.60. The summed E-state index contributed by atoms with van der Waals surface area (Å²) < 4.78 is 5.60. The SMILES string of the molecule is C#CCNCCOc1ccc(-c2nc(C)cs2)cc1. The Hall–Kier alpha value is -1.83. The molecule has 0 bridgehead atoms. The van der Waals surface area contributed by atoms with Crippen LogP contribution >= 0.6 is 11.3 Å². The minimum absolute atomic E-state index is 0.575. The van der Waals surface area contributed by atoms with Crippen molar-refractivity contribution in [2.75, 3.05) is 19.7 Å². The lowest BCUT2D eigenvalue weighted by Crippen LogP contribution is -2.21. The summed E-state index contributed by atoms with van der Waals surface area (Å²) in [6.45, 7) is 3.93. The average Bonchev–Trinajstić information content (AvgIpc) is 2.86. The van der Waals surface area contributed by atoms with E-state index in [1.54, 1.807) is 11.3 Å². The van der Waals surface area contributed by atoms with Gasteiger partial charge in [0.1, 0.15) is 17.4 Å². The Morgan fingerprint density at radius 1 is 1.37 bits per heavy atom. The maximum Gasteiger partial charge on any atom is 0.123 e. The maximum absolute atomic E-state index is 5.60. The third-order valence-corrected chi connectivity index (χ3v) is 3.50. The molecule has 19 heavy (non-hydrogen) atoms. The summed E-state index contributed by atoms with van der Waals surface area (Å²) in [5.74, 6) is 3.38. The number of hydrogen-bond acceptors (Lipinski definition) is 4. The van der Waals surface area contributed by atoms with Crippen LogP contribution in [-0.2, 0) is 0 Å². The van der Waals surface area contributed by atoms with Gasteiger partial charge < -0.3 is 10.1 Å². The van der Waals surface area contributed by atoms with E-state index in [-0.39, 0.29) is 0 Å². The number of terminal acetylenes is 1. The molecule has 0 atom stereocenters. The van der Waals surface area contributed by atoms with E-state index in [4.69, 9.17) is 11.2 Å². The standard InChI is InChI=1S/C15H16N2OS/c1-3-8-16-9-10-18-14-6-4-13(5-7-14)15-17-12(2)11-19-15/h1,4-7,11,16H,8-10H2,2H3. The monoisotopic (exact) mass is 272 g/mol. The highest BCUT2D eigenvalue weighted by Crippen LogP contribution is 2.25. The Balaban J connectivity index is 1.87. The van der Waals surface area contributed by atoms with Crippen molar-refractivity contribution in [1.82, 2.24) is 10.3 Å². The molecule has 0 amide bonds. The number of hydrogen-bond donors (Lipinski definition) is 1. The molecule has 0 aliphatic rings. The molecule has 0 spiro atoms. The van der Waals surface area contributed by atoms with Gasteiger partial charge >= 0.3 is 0 Å². The first-order chi connectivity index (χ1) is 9.29. The minimum Gasteiger partial charge on any atom is -0.492 e. The van der Waals surface area contributed by atoms with Crippen molar-refractivity contribution in [2.24, 2.45) is 0 Å². The fourth-order valence-electron chi connectivity index (χ4n) is 1.58. The fourth-order valence-corrected chi connectivity index (χ4v) is 2.39. The molecular formula is C15H16N2OS. The van der Waals surface area contributed by atoms with Gasteiger partial charge in [-0.15, -0.1) is 17.8 Å². The van der Waals surface area contributed by atoms with Crippen molar-refractivity contribution in [2.45, 2.75) is 6.92 Å². The molecule has 0 fully saturated rings. The van der Waals surface area contributed by atoms with Gasteiger partial charge in [0, 0.05) is 23.2 Å². The second-order valence-electron chi connectivity index (χ2n) is 4.05. The number of nitrogens with one attached hydrogen (secondary N) is 1. The van der Waals surface area contributed by atoms with E-state index < -0.39 is 0 Å². The van der Waals surface area contributed by atoms with Gasteiger partial charge in [-0.2, -0.15) is 0 Å². The number of ether oxygens (including phenoxy) is 1. The quantitative estimate of drug-likeness (QED) is 0.648. The summed E-state index contributed by atoms with van der Waals surface area (Å²) in [7, 11) is 0. The molecule has 0 aliphatic carbocycles. The van der Waals surface area contributed by atoms with E-state index in [9.17, 15) is 0 Å². The van der Waals surface area contributed by atoms with Crippen LogP contribution in [0.2, 0.25) is 0 Å². The molecule has 0 aliphatic heterocycles. The molecule has 2 aromatic rings. The molecule has 0 radical (unpaired) electrons. The second kappa shape index (κ2) is 6.93. The lowest BCUT2D eigenvalue weighted by atomic mass is 10.2. The summed E-state index contributed by atoms with van der Waals surface area (Å²) in [4.78, 5) is 4.46. The Morgan fingerprint density at radius 2 is 2.16 bits per heavy atom. The molecule has 0 saturated heterocycles. The predicted octanol–water partition coefficient (Wildman–Crippen LogP) is 2.72. The Labute approximate surface area is 117 Å². The molecule has 4 heteroatoms. The molecule has 98 valence electrons. The van der Waals surface area contributed by atoms with Crippen molar-refractivity contribution in [3.63, 3.8) is 0 Å². The van der Waals surface area contributed by atoms with Crippen LogP contribution in [0.3, 0.4) is 0 Å². The molecule has 1 N–H and O–H groups in total. The lowest BCUT2D eigenvalue weighted by molar-refractivity contribution is 0.317. The van der Waals surface area contributed by atoms with E-state index in [0.29, 0.717) is 13.2 Å². The van der Waals surface area contributed by atoms with Crippen molar-refractivity contribution in [3.05, 3.63) is 35.3 Å². The lowest BCUT2D eigenvalue weighted by Gasteiger charge is -2.06. The summed E-state index contributed by atoms with van der Waals surface area (Å²) in [5.41, 5.74) is 2.18. The number of rotatable bonds is 6. The van der Waals surface area contributed by atoms with Gasteiger partial charge in [0.2, 0.25) is 0 Å². The van der Waals surface area contributed by atoms with Gasteiger partial charge in [-0.1, -0.05) is 5.92 Å². The van der Waals surface area contributed by atoms with Crippen LogP contribution in [-0.4, -0.2) is 24.7 Å². The molecule has 1 heterocycles. The first-order valence-corrected chi connectivity index (χ1v) is 6.97. The number of benzene rings is 1. The molecule has 3 nitrogen and oxygen atoms in total. The summed E-state index contributed by atoms with van der Waals surface area (Å²) in [6, 6.07) is 7.99. The summed E-state index contributed by atoms with van der Waals surface area (Å²) in [5, 5.41) is 6.17. The summed E-state index contributed by atoms with van der Waals surface area (Å²) in [6.07, 6.45) is 5.14.